The van der Waals surface area contributed by atoms with Gasteiger partial charge in [-0.1, -0.05) is 35.3 Å². The Balaban J connectivity index is 1.62. The number of carbonyl (C=O) groups excluding carboxylic acids is 2. The minimum atomic E-state index is -1.35. The van der Waals surface area contributed by atoms with E-state index in [-0.39, 0.29) is 25.4 Å². The van der Waals surface area contributed by atoms with Gasteiger partial charge in [-0.25, -0.2) is 9.48 Å². The molecule has 11 nitrogen and oxygen atoms in total. The first-order valence-corrected chi connectivity index (χ1v) is 10.8. The fourth-order valence-electron chi connectivity index (χ4n) is 2.99. The van der Waals surface area contributed by atoms with Crippen LogP contribution in [0.1, 0.15) is 23.5 Å². The van der Waals surface area contributed by atoms with Gasteiger partial charge in [0, 0.05) is 34.8 Å². The highest BCUT2D eigenvalue weighted by molar-refractivity contribution is 6.36. The van der Waals surface area contributed by atoms with Gasteiger partial charge in [-0.2, -0.15) is 0 Å². The van der Waals surface area contributed by atoms with E-state index in [0.717, 1.165) is 5.69 Å². The number of ketones is 1. The second-order valence-corrected chi connectivity index (χ2v) is 7.91. The quantitative estimate of drug-likeness (QED) is 0.399. The van der Waals surface area contributed by atoms with Crippen LogP contribution in [-0.4, -0.2) is 60.8 Å². The third-order valence-corrected chi connectivity index (χ3v) is 5.39. The molecule has 0 radical (unpaired) electrons. The Morgan fingerprint density at radius 1 is 1.12 bits per heavy atom. The predicted octanol–water partition coefficient (Wildman–Crippen LogP) is 2.35. The summed E-state index contributed by atoms with van der Waals surface area (Å²) in [5.74, 6) is -1.61. The molecule has 1 unspecified atom stereocenters. The van der Waals surface area contributed by atoms with Crippen molar-refractivity contribution in [3.63, 3.8) is 0 Å². The van der Waals surface area contributed by atoms with Crippen LogP contribution in [0.3, 0.4) is 0 Å². The number of carboxylic acids is 1. The molecule has 2 aromatic heterocycles. The third-order valence-electron chi connectivity index (χ3n) is 4.69. The molecule has 1 atom stereocenters. The number of tetrazole rings is 1. The van der Waals surface area contributed by atoms with Crippen LogP contribution >= 0.6 is 23.2 Å². The number of hydrogen-bond acceptors (Lipinski definition) is 8. The molecule has 1 amide bonds. The van der Waals surface area contributed by atoms with Gasteiger partial charge in [0.25, 0.3) is 0 Å². The Morgan fingerprint density at radius 2 is 1.88 bits per heavy atom. The summed E-state index contributed by atoms with van der Waals surface area (Å²) >= 11 is 12.4. The normalized spacial score (nSPS) is 11.6. The van der Waals surface area contributed by atoms with E-state index in [1.54, 1.807) is 42.6 Å². The van der Waals surface area contributed by atoms with E-state index in [2.05, 4.69) is 25.8 Å². The van der Waals surface area contributed by atoms with Crippen LogP contribution in [-0.2, 0) is 33.7 Å². The predicted molar refractivity (Wildman–Crippen MR) is 121 cm³/mol. The number of benzene rings is 1. The number of nitrogens with one attached hydrogen (secondary N) is 1. The van der Waals surface area contributed by atoms with Crippen LogP contribution in [0.15, 0.2) is 42.6 Å². The minimum Gasteiger partial charge on any atom is -0.481 e. The molecule has 0 aliphatic carbocycles. The number of Topliss-reactive ketones (excluding diaryl/α,β-unsaturated/α-hetero) is 1. The highest BCUT2D eigenvalue weighted by Crippen LogP contribution is 2.26. The maximum Gasteiger partial charge on any atom is 0.407 e. The Kier molecular flexibility index (Phi) is 8.88. The van der Waals surface area contributed by atoms with E-state index in [0.29, 0.717) is 22.0 Å². The average molecular weight is 507 g/mol. The first-order valence-electron chi connectivity index (χ1n) is 10.1. The van der Waals surface area contributed by atoms with Gasteiger partial charge in [-0.15, -0.1) is 5.10 Å². The zero-order chi connectivity index (χ0) is 24.5. The molecule has 34 heavy (non-hydrogen) atoms. The number of hydrogen-bond donors (Lipinski definition) is 2. The zero-order valence-electron chi connectivity index (χ0n) is 17.7. The van der Waals surface area contributed by atoms with Gasteiger partial charge in [0.2, 0.25) is 0 Å². The number of halogens is 2. The van der Waals surface area contributed by atoms with Crippen LogP contribution in [0.4, 0.5) is 4.79 Å². The van der Waals surface area contributed by atoms with Crippen molar-refractivity contribution >= 4 is 41.0 Å². The van der Waals surface area contributed by atoms with Crippen LogP contribution in [0.5, 0.6) is 0 Å². The second-order valence-electron chi connectivity index (χ2n) is 7.10. The van der Waals surface area contributed by atoms with Gasteiger partial charge in [0.15, 0.2) is 11.6 Å². The largest absolute Gasteiger partial charge is 0.481 e. The molecular formula is C21H20Cl2N6O5. The van der Waals surface area contributed by atoms with Gasteiger partial charge in [-0.3, -0.25) is 14.6 Å². The third kappa shape index (κ3) is 7.22. The van der Waals surface area contributed by atoms with Crippen molar-refractivity contribution in [2.45, 2.75) is 31.8 Å². The zero-order valence-corrected chi connectivity index (χ0v) is 19.2. The van der Waals surface area contributed by atoms with Crippen LogP contribution in [0, 0.1) is 0 Å². The van der Waals surface area contributed by atoms with Gasteiger partial charge in [0.05, 0.1) is 13.0 Å². The number of aliphatic carboxylic acids is 1. The number of alkyl carbamates (subject to hydrolysis) is 1. The van der Waals surface area contributed by atoms with Crippen molar-refractivity contribution in [1.82, 2.24) is 30.5 Å². The van der Waals surface area contributed by atoms with E-state index in [9.17, 15) is 19.5 Å². The fraction of sp³-hybridized carbons (Fsp3) is 0.286. The second kappa shape index (κ2) is 12.1. The standard InChI is InChI=1S/C21H20Cl2N6O5/c22-15-5-3-6-16(23)14(15)10-19-26-27-28-29(19)12-18(30)17(11-20(31)32)25-21(33)34-9-7-13-4-1-2-8-24-13/h1-6,8,17H,7,9-12H2,(H,25,33)(H,31,32). The maximum atomic E-state index is 12.8. The summed E-state index contributed by atoms with van der Waals surface area (Å²) in [5.41, 5.74) is 1.30. The fourth-order valence-corrected chi connectivity index (χ4v) is 3.52. The first kappa shape index (κ1) is 25.1. The van der Waals surface area contributed by atoms with Gasteiger partial charge in [-0.05, 0) is 40.3 Å². The van der Waals surface area contributed by atoms with Crippen molar-refractivity contribution < 1.29 is 24.2 Å². The molecular weight excluding hydrogens is 487 g/mol. The molecule has 1 aromatic carbocycles. The van der Waals surface area contributed by atoms with Crippen LogP contribution in [0.25, 0.3) is 0 Å². The molecule has 0 fully saturated rings. The molecule has 0 aliphatic heterocycles. The number of ether oxygens (including phenoxy) is 1. The number of carbonyl (C=O) groups is 3. The molecule has 0 aliphatic rings. The summed E-state index contributed by atoms with van der Waals surface area (Å²) in [6.45, 7) is -0.372. The Morgan fingerprint density at radius 3 is 2.56 bits per heavy atom. The monoisotopic (exact) mass is 506 g/mol. The maximum absolute atomic E-state index is 12.8. The van der Waals surface area contributed by atoms with Crippen LogP contribution in [0.2, 0.25) is 10.0 Å². The molecule has 0 saturated heterocycles. The van der Waals surface area contributed by atoms with Crippen molar-refractivity contribution in [2.75, 3.05) is 6.61 Å². The van der Waals surface area contributed by atoms with Crippen LogP contribution < -0.4 is 5.32 Å². The number of nitrogens with zero attached hydrogens (tertiary/aromatic N) is 5. The number of amides is 1. The van der Waals surface area contributed by atoms with Crippen molar-refractivity contribution in [3.8, 4) is 0 Å². The summed E-state index contributed by atoms with van der Waals surface area (Å²) in [6.07, 6.45) is 0.567. The summed E-state index contributed by atoms with van der Waals surface area (Å²) in [5, 5.41) is 23.5. The number of rotatable bonds is 11. The smallest absolute Gasteiger partial charge is 0.407 e. The lowest BCUT2D eigenvalue weighted by atomic mass is 10.1. The van der Waals surface area contributed by atoms with E-state index in [4.69, 9.17) is 27.9 Å². The first-order chi connectivity index (χ1) is 16.3. The number of pyridine rings is 1. The molecule has 0 saturated carbocycles. The highest BCUT2D eigenvalue weighted by atomic mass is 35.5. The van der Waals surface area contributed by atoms with Crippen molar-refractivity contribution in [3.05, 3.63) is 69.7 Å². The van der Waals surface area contributed by atoms with Gasteiger partial charge in [0.1, 0.15) is 12.6 Å². The van der Waals surface area contributed by atoms with E-state index in [1.807, 2.05) is 0 Å². The van der Waals surface area contributed by atoms with E-state index in [1.165, 1.54) is 4.68 Å². The highest BCUT2D eigenvalue weighted by Gasteiger charge is 2.26. The summed E-state index contributed by atoms with van der Waals surface area (Å²) in [6, 6.07) is 9.01. The lowest BCUT2D eigenvalue weighted by Crippen LogP contribution is -2.44. The lowest BCUT2D eigenvalue weighted by Gasteiger charge is -2.16. The molecule has 3 rings (SSSR count). The Labute approximate surface area is 204 Å². The van der Waals surface area contributed by atoms with E-state index < -0.39 is 30.3 Å². The minimum absolute atomic E-state index is 0.00652. The SMILES string of the molecule is O=C(O)CC(NC(=O)OCCc1ccccn1)C(=O)Cn1nnnc1Cc1c(Cl)cccc1Cl. The molecule has 3 aromatic rings. The van der Waals surface area contributed by atoms with Crippen molar-refractivity contribution in [1.29, 1.82) is 0 Å². The average Bonchev–Trinajstić information content (AvgIpc) is 3.23. The Bertz CT molecular complexity index is 1140. The molecule has 178 valence electrons. The molecule has 0 bridgehead atoms. The Hall–Kier alpha value is -3.57. The van der Waals surface area contributed by atoms with Gasteiger partial charge >= 0.3 is 12.1 Å². The van der Waals surface area contributed by atoms with E-state index >= 15 is 0 Å². The lowest BCUT2D eigenvalue weighted by molar-refractivity contribution is -0.139. The van der Waals surface area contributed by atoms with Gasteiger partial charge < -0.3 is 15.2 Å². The summed E-state index contributed by atoms with van der Waals surface area (Å²) < 4.78 is 6.26. The number of carboxylic acid groups (broad SMARTS) is 1. The summed E-state index contributed by atoms with van der Waals surface area (Å²) in [4.78, 5) is 40.3. The molecule has 0 spiro atoms. The molecule has 2 heterocycles. The number of aromatic nitrogens is 5. The van der Waals surface area contributed by atoms with Crippen molar-refractivity contribution in [2.24, 2.45) is 0 Å². The topological polar surface area (TPSA) is 149 Å². The molecule has 13 heteroatoms. The summed E-state index contributed by atoms with van der Waals surface area (Å²) in [7, 11) is 0. The molecule has 2 N–H and O–H groups in total.